The summed E-state index contributed by atoms with van der Waals surface area (Å²) in [7, 11) is 1.58. The molecular formula is C15H22N4O2. The number of hydrogen-bond donors (Lipinski definition) is 3. The first-order chi connectivity index (χ1) is 10.1. The number of hydrogen-bond acceptors (Lipinski definition) is 3. The van der Waals surface area contributed by atoms with Crippen LogP contribution < -0.4 is 16.0 Å². The topological polar surface area (TPSA) is 73.5 Å². The Morgan fingerprint density at radius 2 is 1.67 bits per heavy atom. The average Bonchev–Trinajstić information content (AvgIpc) is 2.49. The number of benzene rings is 1. The molecule has 1 fully saturated rings. The van der Waals surface area contributed by atoms with Crippen LogP contribution in [0.25, 0.3) is 0 Å². The number of likely N-dealkylation sites (tertiary alicyclic amines) is 1. The van der Waals surface area contributed by atoms with Crippen LogP contribution in [0.1, 0.15) is 19.8 Å². The maximum atomic E-state index is 11.3. The Hall–Kier alpha value is -2.24. The Labute approximate surface area is 124 Å². The lowest BCUT2D eigenvalue weighted by Crippen LogP contribution is -2.41. The SMILES string of the molecule is CNC(=O)Nc1ccc(NC2CCN(C(C)=O)CC2)cc1. The molecule has 0 radical (unpaired) electrons. The zero-order valence-corrected chi connectivity index (χ0v) is 12.5. The summed E-state index contributed by atoms with van der Waals surface area (Å²) in [6, 6.07) is 7.78. The molecule has 1 heterocycles. The molecule has 0 unspecified atom stereocenters. The van der Waals surface area contributed by atoms with Gasteiger partial charge in [0, 0.05) is 44.5 Å². The van der Waals surface area contributed by atoms with E-state index >= 15 is 0 Å². The fourth-order valence-corrected chi connectivity index (χ4v) is 2.42. The second-order valence-electron chi connectivity index (χ2n) is 5.21. The molecule has 0 aliphatic carbocycles. The maximum Gasteiger partial charge on any atom is 0.318 e. The summed E-state index contributed by atoms with van der Waals surface area (Å²) in [4.78, 5) is 24.4. The molecule has 114 valence electrons. The van der Waals surface area contributed by atoms with Gasteiger partial charge in [-0.3, -0.25) is 4.79 Å². The van der Waals surface area contributed by atoms with Crippen LogP contribution in [-0.4, -0.2) is 43.0 Å². The van der Waals surface area contributed by atoms with Gasteiger partial charge < -0.3 is 20.9 Å². The Morgan fingerprint density at radius 3 is 2.19 bits per heavy atom. The van der Waals surface area contributed by atoms with Gasteiger partial charge in [-0.05, 0) is 37.1 Å². The highest BCUT2D eigenvalue weighted by Gasteiger charge is 2.20. The van der Waals surface area contributed by atoms with Gasteiger partial charge in [0.2, 0.25) is 5.91 Å². The Kier molecular flexibility index (Phi) is 5.03. The van der Waals surface area contributed by atoms with E-state index in [-0.39, 0.29) is 11.9 Å². The number of nitrogens with one attached hydrogen (secondary N) is 3. The van der Waals surface area contributed by atoms with Crippen molar-refractivity contribution in [3.8, 4) is 0 Å². The summed E-state index contributed by atoms with van der Waals surface area (Å²) in [6.45, 7) is 3.23. The van der Waals surface area contributed by atoms with Gasteiger partial charge in [-0.15, -0.1) is 0 Å². The first-order valence-corrected chi connectivity index (χ1v) is 7.19. The largest absolute Gasteiger partial charge is 0.382 e. The van der Waals surface area contributed by atoms with E-state index in [4.69, 9.17) is 0 Å². The fraction of sp³-hybridized carbons (Fsp3) is 0.467. The van der Waals surface area contributed by atoms with Crippen molar-refractivity contribution in [2.75, 3.05) is 30.8 Å². The summed E-state index contributed by atoms with van der Waals surface area (Å²) < 4.78 is 0. The van der Waals surface area contributed by atoms with Gasteiger partial charge in [0.05, 0.1) is 0 Å². The third-order valence-electron chi connectivity index (χ3n) is 3.68. The zero-order valence-electron chi connectivity index (χ0n) is 12.5. The van der Waals surface area contributed by atoms with E-state index < -0.39 is 0 Å². The molecule has 0 spiro atoms. The lowest BCUT2D eigenvalue weighted by Gasteiger charge is -2.32. The van der Waals surface area contributed by atoms with Crippen molar-refractivity contribution in [3.05, 3.63) is 24.3 Å². The number of rotatable bonds is 3. The first kappa shape index (κ1) is 15.2. The minimum atomic E-state index is -0.229. The number of anilines is 2. The van der Waals surface area contributed by atoms with Crippen molar-refractivity contribution in [1.29, 1.82) is 0 Å². The molecule has 1 saturated heterocycles. The van der Waals surface area contributed by atoms with E-state index in [0.717, 1.165) is 37.3 Å². The van der Waals surface area contributed by atoms with Crippen LogP contribution in [0.15, 0.2) is 24.3 Å². The first-order valence-electron chi connectivity index (χ1n) is 7.19. The van der Waals surface area contributed by atoms with Gasteiger partial charge in [0.1, 0.15) is 0 Å². The highest BCUT2D eigenvalue weighted by Crippen LogP contribution is 2.18. The Morgan fingerprint density at radius 1 is 1.10 bits per heavy atom. The number of nitrogens with zero attached hydrogens (tertiary/aromatic N) is 1. The lowest BCUT2D eigenvalue weighted by atomic mass is 10.0. The summed E-state index contributed by atoms with van der Waals surface area (Å²) in [6.07, 6.45) is 1.91. The fourth-order valence-electron chi connectivity index (χ4n) is 2.42. The maximum absolute atomic E-state index is 11.3. The molecule has 1 aliphatic rings. The predicted octanol–water partition coefficient (Wildman–Crippen LogP) is 1.86. The summed E-state index contributed by atoms with van der Waals surface area (Å²) in [5.41, 5.74) is 1.78. The second-order valence-corrected chi connectivity index (χ2v) is 5.21. The van der Waals surface area contributed by atoms with Gasteiger partial charge in [0.25, 0.3) is 0 Å². The van der Waals surface area contributed by atoms with Crippen molar-refractivity contribution < 1.29 is 9.59 Å². The van der Waals surface area contributed by atoms with Gasteiger partial charge in [-0.2, -0.15) is 0 Å². The molecular weight excluding hydrogens is 268 g/mol. The van der Waals surface area contributed by atoms with Crippen LogP contribution in [0, 0.1) is 0 Å². The molecule has 21 heavy (non-hydrogen) atoms. The normalized spacial score (nSPS) is 15.4. The van der Waals surface area contributed by atoms with E-state index in [0.29, 0.717) is 6.04 Å². The van der Waals surface area contributed by atoms with Gasteiger partial charge >= 0.3 is 6.03 Å². The number of urea groups is 1. The van der Waals surface area contributed by atoms with E-state index in [1.165, 1.54) is 0 Å². The lowest BCUT2D eigenvalue weighted by molar-refractivity contribution is -0.129. The molecule has 0 bridgehead atoms. The molecule has 0 saturated carbocycles. The van der Waals surface area contributed by atoms with Gasteiger partial charge in [-0.25, -0.2) is 4.79 Å². The van der Waals surface area contributed by atoms with Gasteiger partial charge in [-0.1, -0.05) is 0 Å². The van der Waals surface area contributed by atoms with E-state index in [2.05, 4.69) is 16.0 Å². The van der Waals surface area contributed by atoms with Gasteiger partial charge in [0.15, 0.2) is 0 Å². The molecule has 2 rings (SSSR count). The Balaban J connectivity index is 1.84. The minimum absolute atomic E-state index is 0.151. The average molecular weight is 290 g/mol. The highest BCUT2D eigenvalue weighted by atomic mass is 16.2. The van der Waals surface area contributed by atoms with Crippen molar-refractivity contribution in [2.45, 2.75) is 25.8 Å². The third-order valence-corrected chi connectivity index (χ3v) is 3.68. The van der Waals surface area contributed by atoms with Crippen molar-refractivity contribution in [2.24, 2.45) is 0 Å². The summed E-state index contributed by atoms with van der Waals surface area (Å²) in [5.74, 6) is 0.151. The van der Waals surface area contributed by atoms with E-state index in [1.807, 2.05) is 29.2 Å². The quantitative estimate of drug-likeness (QED) is 0.795. The van der Waals surface area contributed by atoms with Crippen LogP contribution in [-0.2, 0) is 4.79 Å². The second kappa shape index (κ2) is 6.97. The number of amides is 3. The smallest absolute Gasteiger partial charge is 0.318 e. The number of carbonyl (C=O) groups excluding carboxylic acids is 2. The molecule has 1 aliphatic heterocycles. The van der Waals surface area contributed by atoms with E-state index in [9.17, 15) is 9.59 Å². The Bertz CT molecular complexity index is 493. The highest BCUT2D eigenvalue weighted by molar-refractivity contribution is 5.89. The zero-order chi connectivity index (χ0) is 15.2. The van der Waals surface area contributed by atoms with Crippen LogP contribution >= 0.6 is 0 Å². The molecule has 0 atom stereocenters. The molecule has 0 aromatic heterocycles. The minimum Gasteiger partial charge on any atom is -0.382 e. The molecule has 3 N–H and O–H groups in total. The third kappa shape index (κ3) is 4.37. The van der Waals surface area contributed by atoms with Crippen LogP contribution in [0.5, 0.6) is 0 Å². The van der Waals surface area contributed by atoms with Crippen molar-refractivity contribution in [3.63, 3.8) is 0 Å². The van der Waals surface area contributed by atoms with Crippen LogP contribution in [0.4, 0.5) is 16.2 Å². The standard InChI is InChI=1S/C15H22N4O2/c1-11(20)19-9-7-14(8-10-19)17-12-3-5-13(6-4-12)18-15(21)16-2/h3-6,14,17H,7-10H2,1-2H3,(H2,16,18,21). The van der Waals surface area contributed by atoms with Crippen LogP contribution in [0.2, 0.25) is 0 Å². The van der Waals surface area contributed by atoms with Crippen LogP contribution in [0.3, 0.4) is 0 Å². The predicted molar refractivity (Wildman–Crippen MR) is 83.4 cm³/mol. The number of carbonyl (C=O) groups is 2. The number of piperidine rings is 1. The molecule has 1 aromatic carbocycles. The monoisotopic (exact) mass is 290 g/mol. The van der Waals surface area contributed by atoms with Crippen molar-refractivity contribution >= 4 is 23.3 Å². The summed E-state index contributed by atoms with van der Waals surface area (Å²) >= 11 is 0. The molecule has 6 nitrogen and oxygen atoms in total. The molecule has 3 amide bonds. The van der Waals surface area contributed by atoms with E-state index in [1.54, 1.807) is 14.0 Å². The van der Waals surface area contributed by atoms with Crippen molar-refractivity contribution in [1.82, 2.24) is 10.2 Å². The molecule has 1 aromatic rings. The summed E-state index contributed by atoms with van der Waals surface area (Å²) in [5, 5.41) is 8.70. The molecule has 6 heteroatoms.